The molecule has 0 saturated heterocycles. The molecule has 26 heavy (non-hydrogen) atoms. The van der Waals surface area contributed by atoms with Crippen LogP contribution in [-0.4, -0.2) is 21.8 Å². The molecule has 8 heteroatoms. The summed E-state index contributed by atoms with van der Waals surface area (Å²) in [4.78, 5) is 31.6. The molecule has 0 radical (unpaired) electrons. The molecule has 0 bridgehead atoms. The Morgan fingerprint density at radius 3 is 2.58 bits per heavy atom. The Morgan fingerprint density at radius 2 is 1.85 bits per heavy atom. The predicted molar refractivity (Wildman–Crippen MR) is 96.8 cm³/mol. The van der Waals surface area contributed by atoms with Crippen LogP contribution in [0.3, 0.4) is 0 Å². The minimum Gasteiger partial charge on any atom is -0.467 e. The molecular formula is C18H17N5O3. The number of rotatable bonds is 6. The van der Waals surface area contributed by atoms with Crippen molar-refractivity contribution in [2.24, 2.45) is 0 Å². The monoisotopic (exact) mass is 351 g/mol. The lowest BCUT2D eigenvalue weighted by Crippen LogP contribution is -2.15. The minimum atomic E-state index is -0.381. The molecule has 3 aromatic rings. The Morgan fingerprint density at radius 1 is 1.04 bits per heavy atom. The van der Waals surface area contributed by atoms with Crippen molar-refractivity contribution in [2.75, 3.05) is 16.0 Å². The van der Waals surface area contributed by atoms with Gasteiger partial charge < -0.3 is 20.4 Å². The van der Waals surface area contributed by atoms with Crippen LogP contribution in [0.4, 0.5) is 17.2 Å². The van der Waals surface area contributed by atoms with Crippen LogP contribution in [0.15, 0.2) is 59.5 Å². The van der Waals surface area contributed by atoms with Crippen molar-refractivity contribution in [3.8, 4) is 0 Å². The first-order chi connectivity index (χ1) is 12.6. The average molecular weight is 351 g/mol. The van der Waals surface area contributed by atoms with Gasteiger partial charge in [0.05, 0.1) is 12.8 Å². The average Bonchev–Trinajstić information content (AvgIpc) is 3.13. The number of furan rings is 1. The molecule has 0 saturated carbocycles. The van der Waals surface area contributed by atoms with Crippen LogP contribution in [0.25, 0.3) is 0 Å². The molecule has 1 aromatic carbocycles. The number of anilines is 3. The lowest BCUT2D eigenvalue weighted by Gasteiger charge is -2.08. The number of carbonyl (C=O) groups excluding carboxylic acids is 2. The smallest absolute Gasteiger partial charge is 0.274 e. The Hall–Kier alpha value is -3.68. The lowest BCUT2D eigenvalue weighted by molar-refractivity contribution is -0.114. The van der Waals surface area contributed by atoms with Gasteiger partial charge in [0.15, 0.2) is 0 Å². The molecule has 0 atom stereocenters. The molecule has 132 valence electrons. The van der Waals surface area contributed by atoms with E-state index in [0.29, 0.717) is 23.7 Å². The van der Waals surface area contributed by atoms with E-state index in [9.17, 15) is 9.59 Å². The number of hydrogen-bond donors (Lipinski definition) is 3. The Balaban J connectivity index is 1.66. The Bertz CT molecular complexity index is 909. The van der Waals surface area contributed by atoms with Crippen LogP contribution < -0.4 is 16.0 Å². The van der Waals surface area contributed by atoms with Gasteiger partial charge in [0.2, 0.25) is 5.91 Å². The number of nitrogens with one attached hydrogen (secondary N) is 3. The van der Waals surface area contributed by atoms with Crippen LogP contribution in [0, 0.1) is 0 Å². The molecule has 3 rings (SSSR count). The van der Waals surface area contributed by atoms with E-state index in [-0.39, 0.29) is 17.5 Å². The molecule has 2 heterocycles. The normalized spacial score (nSPS) is 10.2. The maximum absolute atomic E-state index is 12.4. The van der Waals surface area contributed by atoms with Crippen molar-refractivity contribution >= 4 is 29.0 Å². The summed E-state index contributed by atoms with van der Waals surface area (Å²) in [5.41, 5.74) is 1.36. The van der Waals surface area contributed by atoms with Crippen molar-refractivity contribution < 1.29 is 14.0 Å². The summed E-state index contributed by atoms with van der Waals surface area (Å²) in [6.45, 7) is 1.87. The highest BCUT2D eigenvalue weighted by Gasteiger charge is 2.10. The second-order valence-corrected chi connectivity index (χ2v) is 5.44. The van der Waals surface area contributed by atoms with Crippen LogP contribution >= 0.6 is 0 Å². The summed E-state index contributed by atoms with van der Waals surface area (Å²) >= 11 is 0. The largest absolute Gasteiger partial charge is 0.467 e. The first-order valence-electron chi connectivity index (χ1n) is 7.87. The summed E-state index contributed by atoms with van der Waals surface area (Å²) < 4.78 is 5.24. The standard InChI is InChI=1S/C18H17N5O3/c1-12(24)22-13-4-2-5-14(8-13)23-18(25)16-9-17(21-11-20-16)19-10-15-6-3-7-26-15/h2-9,11H,10H2,1H3,(H,22,24)(H,23,25)(H,19,20,21). The molecule has 2 aromatic heterocycles. The van der Waals surface area contributed by atoms with Crippen LogP contribution in [0.1, 0.15) is 23.2 Å². The number of carbonyl (C=O) groups is 2. The molecule has 0 aliphatic carbocycles. The van der Waals surface area contributed by atoms with Gasteiger partial charge in [-0.2, -0.15) is 0 Å². The lowest BCUT2D eigenvalue weighted by atomic mass is 10.2. The molecular weight excluding hydrogens is 334 g/mol. The summed E-state index contributed by atoms with van der Waals surface area (Å²) in [6.07, 6.45) is 2.90. The fourth-order valence-corrected chi connectivity index (χ4v) is 2.24. The predicted octanol–water partition coefficient (Wildman–Crippen LogP) is 2.89. The van der Waals surface area contributed by atoms with Crippen molar-refractivity contribution in [3.05, 3.63) is 66.5 Å². The van der Waals surface area contributed by atoms with Crippen LogP contribution in [-0.2, 0) is 11.3 Å². The van der Waals surface area contributed by atoms with E-state index in [0.717, 1.165) is 5.76 Å². The minimum absolute atomic E-state index is 0.184. The first kappa shape index (κ1) is 17.2. The van der Waals surface area contributed by atoms with Crippen molar-refractivity contribution in [3.63, 3.8) is 0 Å². The zero-order valence-corrected chi connectivity index (χ0v) is 14.0. The van der Waals surface area contributed by atoms with Crippen molar-refractivity contribution in [1.82, 2.24) is 9.97 Å². The van der Waals surface area contributed by atoms with Gasteiger partial charge in [-0.25, -0.2) is 9.97 Å². The third-order valence-electron chi connectivity index (χ3n) is 3.36. The van der Waals surface area contributed by atoms with E-state index in [1.54, 1.807) is 42.7 Å². The molecule has 2 amide bonds. The van der Waals surface area contributed by atoms with Gasteiger partial charge in [-0.1, -0.05) is 6.07 Å². The Labute approximate surface area is 149 Å². The van der Waals surface area contributed by atoms with E-state index in [4.69, 9.17) is 4.42 Å². The van der Waals surface area contributed by atoms with E-state index >= 15 is 0 Å². The van der Waals surface area contributed by atoms with E-state index in [1.807, 2.05) is 6.07 Å². The zero-order chi connectivity index (χ0) is 18.4. The highest BCUT2D eigenvalue weighted by atomic mass is 16.3. The molecule has 0 aliphatic heterocycles. The second kappa shape index (κ2) is 7.93. The molecule has 8 nitrogen and oxygen atoms in total. The van der Waals surface area contributed by atoms with Crippen molar-refractivity contribution in [2.45, 2.75) is 13.5 Å². The zero-order valence-electron chi connectivity index (χ0n) is 14.0. The molecule has 0 spiro atoms. The number of nitrogens with zero attached hydrogens (tertiary/aromatic N) is 2. The van der Waals surface area contributed by atoms with Gasteiger partial charge in [0.25, 0.3) is 5.91 Å². The number of aromatic nitrogens is 2. The Kier molecular flexibility index (Phi) is 5.23. The number of amides is 2. The number of hydrogen-bond acceptors (Lipinski definition) is 6. The van der Waals surface area contributed by atoms with Gasteiger partial charge >= 0.3 is 0 Å². The highest BCUT2D eigenvalue weighted by molar-refractivity contribution is 6.03. The molecule has 0 aliphatic rings. The molecule has 0 fully saturated rings. The van der Waals surface area contributed by atoms with Gasteiger partial charge in [0, 0.05) is 24.4 Å². The van der Waals surface area contributed by atoms with Gasteiger partial charge in [-0.15, -0.1) is 0 Å². The maximum atomic E-state index is 12.4. The van der Waals surface area contributed by atoms with E-state index in [1.165, 1.54) is 13.3 Å². The molecule has 3 N–H and O–H groups in total. The van der Waals surface area contributed by atoms with E-state index in [2.05, 4.69) is 25.9 Å². The van der Waals surface area contributed by atoms with Gasteiger partial charge in [-0.05, 0) is 30.3 Å². The third-order valence-corrected chi connectivity index (χ3v) is 3.36. The summed E-state index contributed by atoms with van der Waals surface area (Å²) in [6, 6.07) is 12.0. The fraction of sp³-hybridized carbons (Fsp3) is 0.111. The highest BCUT2D eigenvalue weighted by Crippen LogP contribution is 2.16. The maximum Gasteiger partial charge on any atom is 0.274 e. The molecule has 0 unspecified atom stereocenters. The van der Waals surface area contributed by atoms with Crippen LogP contribution in [0.2, 0.25) is 0 Å². The SMILES string of the molecule is CC(=O)Nc1cccc(NC(=O)c2cc(NCc3ccco3)ncn2)c1. The fourth-order valence-electron chi connectivity index (χ4n) is 2.24. The summed E-state index contributed by atoms with van der Waals surface area (Å²) in [7, 11) is 0. The van der Waals surface area contributed by atoms with Gasteiger partial charge in [0.1, 0.15) is 23.6 Å². The van der Waals surface area contributed by atoms with Crippen LogP contribution in [0.5, 0.6) is 0 Å². The number of benzene rings is 1. The summed E-state index contributed by atoms with van der Waals surface area (Å²) in [5.74, 6) is 0.697. The third kappa shape index (κ3) is 4.67. The quantitative estimate of drug-likeness (QED) is 0.630. The topological polar surface area (TPSA) is 109 Å². The van der Waals surface area contributed by atoms with E-state index < -0.39 is 0 Å². The second-order valence-electron chi connectivity index (χ2n) is 5.44. The first-order valence-corrected chi connectivity index (χ1v) is 7.87. The van der Waals surface area contributed by atoms with Crippen molar-refractivity contribution in [1.29, 1.82) is 0 Å². The summed E-state index contributed by atoms with van der Waals surface area (Å²) in [5, 5.41) is 8.47. The van der Waals surface area contributed by atoms with Gasteiger partial charge in [-0.3, -0.25) is 9.59 Å².